The van der Waals surface area contributed by atoms with E-state index in [1.54, 1.807) is 31.3 Å². The van der Waals surface area contributed by atoms with Crippen molar-refractivity contribution in [2.45, 2.75) is 9.92 Å². The van der Waals surface area contributed by atoms with Crippen LogP contribution in [0.25, 0.3) is 6.08 Å². The third-order valence-corrected chi connectivity index (χ3v) is 4.26. The average molecular weight is 320 g/mol. The van der Waals surface area contributed by atoms with Crippen LogP contribution in [0.4, 0.5) is 11.5 Å². The van der Waals surface area contributed by atoms with E-state index in [-0.39, 0.29) is 0 Å². The fourth-order valence-electron chi connectivity index (χ4n) is 2.17. The first-order valence-electron chi connectivity index (χ1n) is 6.45. The Morgan fingerprint density at radius 1 is 1.33 bits per heavy atom. The maximum Gasteiger partial charge on any atom is 0.168 e. The largest absolute Gasteiger partial charge is 0.364 e. The molecule has 0 saturated heterocycles. The minimum atomic E-state index is 0.432. The number of benzene rings is 1. The Morgan fingerprint density at radius 3 is 3.00 bits per heavy atom. The average Bonchev–Trinajstić information content (AvgIpc) is 2.53. The number of fused-ring (bicyclic) bond motifs is 2. The maximum atomic E-state index is 5.70. The Morgan fingerprint density at radius 2 is 2.19 bits per heavy atom. The molecule has 0 amide bonds. The van der Waals surface area contributed by atoms with E-state index in [2.05, 4.69) is 28.2 Å². The molecule has 2 heterocycles. The van der Waals surface area contributed by atoms with E-state index in [1.165, 1.54) is 0 Å². The molecule has 2 aromatic rings. The summed E-state index contributed by atoms with van der Waals surface area (Å²) in [5, 5.41) is 0.895. The van der Waals surface area contributed by atoms with Crippen molar-refractivity contribution >= 4 is 40.9 Å². The molecule has 0 unspecified atom stereocenters. The van der Waals surface area contributed by atoms with Gasteiger partial charge < -0.3 is 4.74 Å². The van der Waals surface area contributed by atoms with Gasteiger partial charge in [0.1, 0.15) is 11.8 Å². The lowest BCUT2D eigenvalue weighted by molar-refractivity contribution is 0.205. The van der Waals surface area contributed by atoms with Gasteiger partial charge in [0.25, 0.3) is 0 Å². The highest BCUT2D eigenvalue weighted by Crippen LogP contribution is 2.46. The third kappa shape index (κ3) is 2.90. The van der Waals surface area contributed by atoms with Crippen molar-refractivity contribution < 1.29 is 4.74 Å². The fraction of sp³-hybridized carbons (Fsp3) is 0.200. The van der Waals surface area contributed by atoms with Crippen molar-refractivity contribution in [3.63, 3.8) is 0 Å². The molecule has 0 aliphatic carbocycles. The predicted molar refractivity (Wildman–Crippen MR) is 86.4 cm³/mol. The second kappa shape index (κ2) is 6.47. The Labute approximate surface area is 132 Å². The molecular formula is C15H14ClN3OS. The van der Waals surface area contributed by atoms with E-state index in [0.29, 0.717) is 12.6 Å². The molecule has 1 aromatic carbocycles. The van der Waals surface area contributed by atoms with E-state index < -0.39 is 0 Å². The summed E-state index contributed by atoms with van der Waals surface area (Å²) in [7, 11) is 1.68. The summed E-state index contributed by atoms with van der Waals surface area (Å²) in [6, 6.07) is 6.28. The summed E-state index contributed by atoms with van der Waals surface area (Å²) in [5.74, 6) is 1.33. The van der Waals surface area contributed by atoms with Crippen molar-refractivity contribution in [3.05, 3.63) is 42.2 Å². The molecule has 0 bridgehead atoms. The summed E-state index contributed by atoms with van der Waals surface area (Å²) in [6.45, 7) is 0.432. The molecule has 108 valence electrons. The second-order valence-electron chi connectivity index (χ2n) is 4.42. The lowest BCUT2D eigenvalue weighted by Gasteiger charge is -2.30. The quantitative estimate of drug-likeness (QED) is 0.798. The zero-order valence-electron chi connectivity index (χ0n) is 11.5. The van der Waals surface area contributed by atoms with Crippen molar-refractivity contribution in [1.29, 1.82) is 0 Å². The SMILES string of the molecule is COCN1c2cc(C=CCCl)ccc2Sc2nccnc21. The van der Waals surface area contributed by atoms with Crippen LogP contribution in [0.3, 0.4) is 0 Å². The van der Waals surface area contributed by atoms with Gasteiger partial charge in [0.05, 0.1) is 5.69 Å². The van der Waals surface area contributed by atoms with Gasteiger partial charge in [0.2, 0.25) is 0 Å². The second-order valence-corrected chi connectivity index (χ2v) is 5.76. The molecule has 0 N–H and O–H groups in total. The van der Waals surface area contributed by atoms with Gasteiger partial charge in [-0.05, 0) is 17.7 Å². The van der Waals surface area contributed by atoms with Crippen LogP contribution in [-0.4, -0.2) is 29.7 Å². The molecule has 0 atom stereocenters. The molecule has 4 nitrogen and oxygen atoms in total. The predicted octanol–water partition coefficient (Wildman–Crippen LogP) is 3.94. The summed E-state index contributed by atoms with van der Waals surface area (Å²) < 4.78 is 5.33. The lowest BCUT2D eigenvalue weighted by Crippen LogP contribution is -2.24. The molecule has 1 aromatic heterocycles. The molecule has 0 fully saturated rings. The Hall–Kier alpha value is -1.56. The van der Waals surface area contributed by atoms with Crippen LogP contribution < -0.4 is 4.90 Å². The number of hydrogen-bond donors (Lipinski definition) is 0. The van der Waals surface area contributed by atoms with Gasteiger partial charge >= 0.3 is 0 Å². The van der Waals surface area contributed by atoms with Gasteiger partial charge in [-0.15, -0.1) is 11.6 Å². The number of allylic oxidation sites excluding steroid dienone is 1. The number of halogens is 1. The highest BCUT2D eigenvalue weighted by molar-refractivity contribution is 7.99. The minimum Gasteiger partial charge on any atom is -0.364 e. The molecule has 0 saturated carbocycles. The Bertz CT molecular complexity index is 678. The standard InChI is InChI=1S/C15H14ClN3OS/c1-20-10-19-12-9-11(3-2-6-16)4-5-13(12)21-15-14(19)17-7-8-18-15/h2-5,7-9H,6,10H2,1H3. The van der Waals surface area contributed by atoms with E-state index >= 15 is 0 Å². The first-order valence-corrected chi connectivity index (χ1v) is 7.80. The normalized spacial score (nSPS) is 13.3. The summed E-state index contributed by atoms with van der Waals surface area (Å²) in [4.78, 5) is 12.0. The molecule has 1 aliphatic heterocycles. The van der Waals surface area contributed by atoms with E-state index in [0.717, 1.165) is 27.0 Å². The van der Waals surface area contributed by atoms with Crippen LogP contribution in [0.2, 0.25) is 0 Å². The van der Waals surface area contributed by atoms with Gasteiger partial charge in [-0.1, -0.05) is 30.0 Å². The van der Waals surface area contributed by atoms with Gasteiger partial charge in [-0.3, -0.25) is 4.90 Å². The van der Waals surface area contributed by atoms with Crippen LogP contribution in [0.1, 0.15) is 5.56 Å². The smallest absolute Gasteiger partial charge is 0.168 e. The Balaban J connectivity index is 2.06. The number of alkyl halides is 1. The van der Waals surface area contributed by atoms with Gasteiger partial charge in [-0.25, -0.2) is 9.97 Å². The zero-order valence-corrected chi connectivity index (χ0v) is 13.1. The van der Waals surface area contributed by atoms with Crippen LogP contribution in [-0.2, 0) is 4.74 Å². The van der Waals surface area contributed by atoms with Gasteiger partial charge in [0.15, 0.2) is 5.82 Å². The highest BCUT2D eigenvalue weighted by Gasteiger charge is 2.25. The van der Waals surface area contributed by atoms with Gasteiger partial charge in [0, 0.05) is 30.3 Å². The number of aromatic nitrogens is 2. The fourth-order valence-corrected chi connectivity index (χ4v) is 3.24. The van der Waals surface area contributed by atoms with E-state index in [9.17, 15) is 0 Å². The topological polar surface area (TPSA) is 38.2 Å². The minimum absolute atomic E-state index is 0.432. The first-order chi connectivity index (χ1) is 10.3. The van der Waals surface area contributed by atoms with E-state index in [4.69, 9.17) is 16.3 Å². The molecule has 21 heavy (non-hydrogen) atoms. The molecule has 0 spiro atoms. The van der Waals surface area contributed by atoms with Gasteiger partial charge in [-0.2, -0.15) is 0 Å². The number of ether oxygens (including phenoxy) is 1. The first kappa shape index (κ1) is 14.4. The van der Waals surface area contributed by atoms with Crippen molar-refractivity contribution in [3.8, 4) is 0 Å². The number of methoxy groups -OCH3 is 1. The molecule has 3 rings (SSSR count). The summed E-state index contributed by atoms with van der Waals surface area (Å²) >= 11 is 7.32. The summed E-state index contributed by atoms with van der Waals surface area (Å²) in [6.07, 6.45) is 7.34. The highest BCUT2D eigenvalue weighted by atomic mass is 35.5. The maximum absolute atomic E-state index is 5.70. The number of rotatable bonds is 4. The van der Waals surface area contributed by atoms with Crippen molar-refractivity contribution in [1.82, 2.24) is 9.97 Å². The van der Waals surface area contributed by atoms with Crippen LogP contribution >= 0.6 is 23.4 Å². The molecule has 1 aliphatic rings. The zero-order chi connectivity index (χ0) is 14.7. The van der Waals surface area contributed by atoms with Crippen LogP contribution in [0, 0.1) is 0 Å². The number of nitrogens with zero attached hydrogens (tertiary/aromatic N) is 3. The number of hydrogen-bond acceptors (Lipinski definition) is 5. The summed E-state index contributed by atoms with van der Waals surface area (Å²) in [5.41, 5.74) is 2.18. The van der Waals surface area contributed by atoms with Crippen molar-refractivity contribution in [2.75, 3.05) is 24.6 Å². The third-order valence-electron chi connectivity index (χ3n) is 3.04. The molecule has 6 heteroatoms. The monoisotopic (exact) mass is 319 g/mol. The lowest BCUT2D eigenvalue weighted by atomic mass is 10.1. The Kier molecular flexibility index (Phi) is 4.43. The van der Waals surface area contributed by atoms with Crippen molar-refractivity contribution in [2.24, 2.45) is 0 Å². The van der Waals surface area contributed by atoms with Crippen LogP contribution in [0.15, 0.2) is 46.6 Å². The molecular weight excluding hydrogens is 306 g/mol. The number of anilines is 2. The van der Waals surface area contributed by atoms with Crippen LogP contribution in [0.5, 0.6) is 0 Å². The molecule has 0 radical (unpaired) electrons. The van der Waals surface area contributed by atoms with E-state index in [1.807, 2.05) is 17.1 Å².